The number of carbonyl (C=O) groups excluding carboxylic acids is 6. The number of nitrogens with zero attached hydrogens (tertiary/aromatic N) is 7. The maximum atomic E-state index is 12.1. The highest BCUT2D eigenvalue weighted by molar-refractivity contribution is 5.81. The monoisotopic (exact) mass is 1580 g/mol. The summed E-state index contributed by atoms with van der Waals surface area (Å²) in [5.74, 6) is 1.49. The fourth-order valence-corrected chi connectivity index (χ4v) is 16.4. The highest BCUT2D eigenvalue weighted by atomic mass is 16.2. The van der Waals surface area contributed by atoms with E-state index in [9.17, 15) is 28.8 Å². The number of carbonyl (C=O) groups is 6. The van der Waals surface area contributed by atoms with Crippen LogP contribution in [0.4, 0.5) is 5.69 Å². The Morgan fingerprint density at radius 3 is 1.31 bits per heavy atom. The molecule has 2 heterocycles. The molecule has 1 aromatic heterocycles. The number of rotatable bonds is 36. The van der Waals surface area contributed by atoms with Gasteiger partial charge in [-0.2, -0.15) is 0 Å². The third-order valence-corrected chi connectivity index (χ3v) is 23.7. The molecule has 1 atom stereocenters. The van der Waals surface area contributed by atoms with Gasteiger partial charge in [0.2, 0.25) is 35.4 Å². The molecular weight excluding hydrogens is 1410 g/mol. The molecule has 8 rings (SSSR count). The Morgan fingerprint density at radius 2 is 0.841 bits per heavy atom. The van der Waals surface area contributed by atoms with Crippen LogP contribution in [0, 0.1) is 35.0 Å². The molecule has 6 fully saturated rings. The predicted octanol–water partition coefficient (Wildman–Crippen LogP) is 17.0. The zero-order valence-electron chi connectivity index (χ0n) is 75.7. The minimum atomic E-state index is -0.266. The van der Waals surface area contributed by atoms with Gasteiger partial charge in [-0.25, -0.2) is 0 Å². The average molecular weight is 1580 g/mol. The molecule has 19 heteroatoms. The van der Waals surface area contributed by atoms with Crippen molar-refractivity contribution >= 4 is 41.1 Å². The van der Waals surface area contributed by atoms with E-state index >= 15 is 0 Å². The third kappa shape index (κ3) is 45.4. The van der Waals surface area contributed by atoms with Crippen molar-refractivity contribution in [1.82, 2.24) is 61.4 Å². The second-order valence-electron chi connectivity index (χ2n) is 36.6. The van der Waals surface area contributed by atoms with Crippen molar-refractivity contribution in [3.8, 4) is 0 Å². The molecule has 113 heavy (non-hydrogen) atoms. The zero-order chi connectivity index (χ0) is 83.4. The Kier molecular flexibility index (Phi) is 54.4. The van der Waals surface area contributed by atoms with Crippen LogP contribution in [0.1, 0.15) is 321 Å². The first kappa shape index (κ1) is 102. The molecule has 2 aromatic rings. The summed E-state index contributed by atoms with van der Waals surface area (Å²) < 4.78 is 0. The van der Waals surface area contributed by atoms with Crippen LogP contribution in [0.2, 0.25) is 0 Å². The number of likely N-dealkylation sites (N-methyl/N-ethyl adjacent to an activating group) is 2. The van der Waals surface area contributed by atoms with Crippen molar-refractivity contribution < 1.29 is 28.8 Å². The van der Waals surface area contributed by atoms with Gasteiger partial charge in [-0.3, -0.25) is 43.6 Å². The number of para-hydroxylation sites is 1. The Balaban J connectivity index is 0.000000352. The molecule has 19 nitrogen and oxygen atoms in total. The smallest absolute Gasteiger partial charge is 0.227 e. The maximum absolute atomic E-state index is 12.1. The van der Waals surface area contributed by atoms with Crippen LogP contribution >= 0.6 is 0 Å². The van der Waals surface area contributed by atoms with Crippen molar-refractivity contribution in [1.29, 1.82) is 0 Å². The van der Waals surface area contributed by atoms with Gasteiger partial charge in [0.25, 0.3) is 0 Å². The van der Waals surface area contributed by atoms with E-state index in [1.54, 1.807) is 6.20 Å². The Hall–Kier alpha value is -5.21. The van der Waals surface area contributed by atoms with E-state index in [-0.39, 0.29) is 70.4 Å². The fraction of sp³-hybridized carbons (Fsp3) is 0.819. The summed E-state index contributed by atoms with van der Waals surface area (Å²) >= 11 is 0. The predicted molar refractivity (Wildman–Crippen MR) is 475 cm³/mol. The number of likely N-dealkylation sites (tertiary alicyclic amines) is 1. The van der Waals surface area contributed by atoms with E-state index < -0.39 is 0 Å². The second kappa shape index (κ2) is 60.3. The van der Waals surface area contributed by atoms with E-state index in [1.807, 2.05) is 120 Å². The van der Waals surface area contributed by atoms with E-state index in [2.05, 4.69) is 120 Å². The van der Waals surface area contributed by atoms with Crippen LogP contribution in [0.5, 0.6) is 0 Å². The van der Waals surface area contributed by atoms with Crippen molar-refractivity contribution in [3.63, 3.8) is 0 Å². The maximum Gasteiger partial charge on any atom is 0.227 e. The SMILES string of the molecule is CC(C)C(=O)NCCC1CCCCN1C1CCCCC1.CC(C)C(=O)NCCCCN(C)C1CCCCC1.CC(C)C(=O)NCCCN(C(C)C)C1CCCCC1.CC(C)C(=O)NCCCNCc1ccccn1.CC(C)C(=O)NCCN(c1ccccc1)C1CCCCC1.CN(CCN(C)C1CCCCC1)C(=O)C(C)(C)C. The number of anilines is 1. The number of hydrogen-bond acceptors (Lipinski definition) is 13. The van der Waals surface area contributed by atoms with Gasteiger partial charge in [-0.05, 0) is 181 Å². The molecule has 1 unspecified atom stereocenters. The van der Waals surface area contributed by atoms with E-state index in [1.165, 1.54) is 205 Å². The lowest BCUT2D eigenvalue weighted by atomic mass is 9.89. The molecule has 6 N–H and O–H groups in total. The van der Waals surface area contributed by atoms with Gasteiger partial charge in [-0.1, -0.05) is 217 Å². The lowest BCUT2D eigenvalue weighted by Crippen LogP contribution is -2.48. The summed E-state index contributed by atoms with van der Waals surface area (Å²) in [7, 11) is 6.37. The van der Waals surface area contributed by atoms with Crippen LogP contribution in [0.25, 0.3) is 0 Å². The van der Waals surface area contributed by atoms with Gasteiger partial charge in [0.05, 0.1) is 5.69 Å². The van der Waals surface area contributed by atoms with Crippen molar-refractivity contribution in [2.45, 2.75) is 365 Å². The van der Waals surface area contributed by atoms with Gasteiger partial charge in [0, 0.05) is 162 Å². The summed E-state index contributed by atoms with van der Waals surface area (Å²) in [6.45, 7) is 41.8. The van der Waals surface area contributed by atoms with Gasteiger partial charge in [0.1, 0.15) is 0 Å². The van der Waals surface area contributed by atoms with Crippen LogP contribution in [0.3, 0.4) is 0 Å². The summed E-state index contributed by atoms with van der Waals surface area (Å²) in [4.78, 5) is 88.5. The molecule has 6 aliphatic rings. The summed E-state index contributed by atoms with van der Waals surface area (Å²) in [5, 5.41) is 18.3. The fourth-order valence-electron chi connectivity index (χ4n) is 16.4. The quantitative estimate of drug-likeness (QED) is 0.0352. The number of nitrogens with one attached hydrogen (secondary N) is 6. The number of amides is 6. The minimum absolute atomic E-state index is 0.0601. The highest BCUT2D eigenvalue weighted by Crippen LogP contribution is 2.31. The number of aromatic nitrogens is 1. The molecule has 1 aromatic carbocycles. The molecule has 6 amide bonds. The second-order valence-corrected chi connectivity index (χ2v) is 36.6. The van der Waals surface area contributed by atoms with Crippen molar-refractivity contribution in [3.05, 3.63) is 60.4 Å². The zero-order valence-corrected chi connectivity index (χ0v) is 75.7. The molecule has 5 saturated carbocycles. The van der Waals surface area contributed by atoms with E-state index in [0.717, 1.165) is 128 Å². The molecule has 0 spiro atoms. The first-order valence-electron chi connectivity index (χ1n) is 46.0. The van der Waals surface area contributed by atoms with Crippen LogP contribution in [-0.4, -0.2) is 207 Å². The lowest BCUT2D eigenvalue weighted by Gasteiger charge is -2.43. The average Bonchev–Trinajstić information content (AvgIpc) is 0.857. The molecule has 1 saturated heterocycles. The normalized spacial score (nSPS) is 17.7. The van der Waals surface area contributed by atoms with E-state index in [4.69, 9.17) is 0 Å². The topological polar surface area (TPSA) is 207 Å². The Morgan fingerprint density at radius 1 is 0.416 bits per heavy atom. The van der Waals surface area contributed by atoms with Crippen LogP contribution in [0.15, 0.2) is 54.7 Å². The van der Waals surface area contributed by atoms with Crippen molar-refractivity contribution in [2.75, 3.05) is 105 Å². The van der Waals surface area contributed by atoms with E-state index in [0.29, 0.717) is 18.1 Å². The van der Waals surface area contributed by atoms with Crippen LogP contribution < -0.4 is 36.8 Å². The number of hydrogen-bond donors (Lipinski definition) is 6. The number of pyridine rings is 1. The van der Waals surface area contributed by atoms with Gasteiger partial charge in [-0.15, -0.1) is 0 Å². The van der Waals surface area contributed by atoms with Crippen molar-refractivity contribution in [2.24, 2.45) is 35.0 Å². The molecule has 1 aliphatic heterocycles. The summed E-state index contributed by atoms with van der Waals surface area (Å²) in [6, 6.07) is 21.6. The minimum Gasteiger partial charge on any atom is -0.367 e. The molecule has 5 aliphatic carbocycles. The summed E-state index contributed by atoms with van der Waals surface area (Å²) in [5.41, 5.74) is 2.06. The molecule has 650 valence electrons. The molecule has 0 bridgehead atoms. The summed E-state index contributed by atoms with van der Waals surface area (Å²) in [6.07, 6.45) is 45.5. The van der Waals surface area contributed by atoms with Gasteiger partial charge < -0.3 is 51.5 Å². The largest absolute Gasteiger partial charge is 0.367 e. The molecular formula is C94H173N13O6. The van der Waals surface area contributed by atoms with Crippen LogP contribution in [-0.2, 0) is 35.3 Å². The number of piperidine rings is 1. The Labute approximate surface area is 692 Å². The number of unbranched alkanes of at least 4 members (excludes halogenated alkanes) is 1. The third-order valence-electron chi connectivity index (χ3n) is 23.7. The highest BCUT2D eigenvalue weighted by Gasteiger charge is 2.31. The first-order chi connectivity index (χ1) is 54.0. The van der Waals surface area contributed by atoms with Gasteiger partial charge in [0.15, 0.2) is 0 Å². The standard InChI is InChI=1S/C18H28N2O.C17H32N2O.C16H32N2O.2C15H30N2O.C13H21N3O/c1-15(2)18(21)19-13-14-20(16-9-5-3-6-10-16)17-11-7-4-8-12-17;1-14(2)17(20)18-12-11-16-10-6-7-13-19(16)15-8-4-3-5-9-15;1-13(2)16(19)17-11-8-12-18(14(3)4)15-9-6-5-7-10-15;1-15(2,3)14(18)17(5)12-11-16(4)13-9-7-6-8-10-13;1-13(2)15(18)16-11-7-8-12-17(3)14-9-5-4-6-10-14;1-11(2)13(17)16-9-5-7-14-10-12-6-3-4-8-15-12/h3,5-6,9-10,15,17H,4,7-8,11-14H2,1-2H3,(H,19,21);14-16H,3-13H2,1-2H3,(H,18,20);13-15H,5-12H2,1-4H3,(H,17,19);13H,6-12H2,1-5H3;13-14H,4-12H2,1-3H3,(H,16,18);3-4,6,8,11,14H,5,7,9-10H2,1-2H3,(H,16,17). The van der Waals surface area contributed by atoms with Gasteiger partial charge >= 0.3 is 0 Å². The molecule has 0 radical (unpaired) electrons. The Bertz CT molecular complexity index is 2750. The first-order valence-corrected chi connectivity index (χ1v) is 46.0. The number of benzene rings is 1. The lowest BCUT2D eigenvalue weighted by molar-refractivity contribution is -0.138.